The lowest BCUT2D eigenvalue weighted by atomic mass is 9.82. The van der Waals surface area contributed by atoms with E-state index in [2.05, 4.69) is 11.8 Å². The molecule has 0 aromatic rings. The number of carbonyl (C=O) groups is 1. The molecule has 1 atom stereocenters. The first-order valence-electron chi connectivity index (χ1n) is 8.08. The molecule has 3 nitrogen and oxygen atoms in total. The van der Waals surface area contributed by atoms with E-state index in [1.807, 2.05) is 6.92 Å². The van der Waals surface area contributed by atoms with Crippen LogP contribution < -0.4 is 0 Å². The van der Waals surface area contributed by atoms with E-state index in [1.165, 1.54) is 38.5 Å². The van der Waals surface area contributed by atoms with Gasteiger partial charge in [0.15, 0.2) is 0 Å². The van der Waals surface area contributed by atoms with E-state index < -0.39 is 11.4 Å². The average molecular weight is 267 g/mol. The summed E-state index contributed by atoms with van der Waals surface area (Å²) in [6.07, 6.45) is 9.55. The molecule has 3 heteroatoms. The Balaban J connectivity index is 1.87. The first-order valence-corrected chi connectivity index (χ1v) is 8.08. The quantitative estimate of drug-likeness (QED) is 0.828. The van der Waals surface area contributed by atoms with Crippen molar-refractivity contribution in [3.05, 3.63) is 0 Å². The molecule has 2 rings (SSSR count). The van der Waals surface area contributed by atoms with Crippen molar-refractivity contribution >= 4 is 5.97 Å². The zero-order valence-electron chi connectivity index (χ0n) is 12.5. The Morgan fingerprint density at radius 1 is 1.26 bits per heavy atom. The van der Waals surface area contributed by atoms with Gasteiger partial charge in [0, 0.05) is 12.6 Å². The van der Waals surface area contributed by atoms with Gasteiger partial charge < -0.3 is 5.11 Å². The summed E-state index contributed by atoms with van der Waals surface area (Å²) in [5.41, 5.74) is -0.458. The molecule has 19 heavy (non-hydrogen) atoms. The minimum absolute atomic E-state index is 0.458. The van der Waals surface area contributed by atoms with Gasteiger partial charge in [0.1, 0.15) is 0 Å². The van der Waals surface area contributed by atoms with Crippen LogP contribution in [0.2, 0.25) is 0 Å². The highest BCUT2D eigenvalue weighted by Gasteiger charge is 2.45. The molecule has 1 aliphatic heterocycles. The highest BCUT2D eigenvalue weighted by Crippen LogP contribution is 2.39. The van der Waals surface area contributed by atoms with Crippen molar-refractivity contribution in [1.82, 2.24) is 4.90 Å². The third-order valence-electron chi connectivity index (χ3n) is 5.54. The third kappa shape index (κ3) is 3.13. The molecule has 0 aromatic heterocycles. The Labute approximate surface area is 117 Å². The number of likely N-dealkylation sites (tertiary alicyclic amines) is 1. The molecule has 1 aliphatic carbocycles. The second-order valence-electron chi connectivity index (χ2n) is 6.62. The normalized spacial score (nSPS) is 36.5. The maximum absolute atomic E-state index is 11.5. The van der Waals surface area contributed by atoms with Crippen LogP contribution in [0.1, 0.15) is 65.2 Å². The summed E-state index contributed by atoms with van der Waals surface area (Å²) in [6, 6.07) is 0.654. The van der Waals surface area contributed by atoms with E-state index in [4.69, 9.17) is 0 Å². The van der Waals surface area contributed by atoms with E-state index in [0.29, 0.717) is 6.04 Å². The zero-order chi connectivity index (χ0) is 13.9. The van der Waals surface area contributed by atoms with E-state index in [1.54, 1.807) is 0 Å². The number of aliphatic carboxylic acids is 1. The lowest BCUT2D eigenvalue weighted by molar-refractivity contribution is -0.148. The molecule has 2 fully saturated rings. The number of hydrogen-bond acceptors (Lipinski definition) is 2. The van der Waals surface area contributed by atoms with Crippen LogP contribution in [0.3, 0.4) is 0 Å². The molecule has 1 heterocycles. The first-order chi connectivity index (χ1) is 9.11. The van der Waals surface area contributed by atoms with Gasteiger partial charge in [-0.3, -0.25) is 9.69 Å². The molecule has 0 bridgehead atoms. The van der Waals surface area contributed by atoms with Crippen molar-refractivity contribution < 1.29 is 9.90 Å². The van der Waals surface area contributed by atoms with Crippen LogP contribution in [0.15, 0.2) is 0 Å². The summed E-state index contributed by atoms with van der Waals surface area (Å²) in [5, 5.41) is 9.47. The summed E-state index contributed by atoms with van der Waals surface area (Å²) in [4.78, 5) is 14.0. The maximum atomic E-state index is 11.5. The molecule has 0 amide bonds. The molecule has 0 aromatic carbocycles. The van der Waals surface area contributed by atoms with E-state index in [0.717, 1.165) is 31.8 Å². The minimum Gasteiger partial charge on any atom is -0.481 e. The minimum atomic E-state index is -0.586. The van der Waals surface area contributed by atoms with Crippen LogP contribution in [-0.4, -0.2) is 35.1 Å². The van der Waals surface area contributed by atoms with Crippen LogP contribution in [0.4, 0.5) is 0 Å². The fraction of sp³-hybridized carbons (Fsp3) is 0.938. The first kappa shape index (κ1) is 14.8. The molecule has 1 N–H and O–H groups in total. The van der Waals surface area contributed by atoms with Gasteiger partial charge in [-0.2, -0.15) is 0 Å². The Morgan fingerprint density at radius 3 is 2.42 bits per heavy atom. The molecule has 0 spiro atoms. The second kappa shape index (κ2) is 6.25. The van der Waals surface area contributed by atoms with E-state index in [-0.39, 0.29) is 0 Å². The van der Waals surface area contributed by atoms with Crippen molar-refractivity contribution in [3.63, 3.8) is 0 Å². The predicted molar refractivity (Wildman–Crippen MR) is 77.2 cm³/mol. The predicted octanol–water partition coefficient (Wildman–Crippen LogP) is 3.53. The molecular formula is C16H29NO2. The molecule has 1 saturated heterocycles. The standard InChI is InChI=1S/C16H29NO2/c1-3-5-13-6-8-14(9-7-13)17-11-10-16(4-2,12-17)15(18)19/h13-14H,3-12H2,1-2H3,(H,18,19). The summed E-state index contributed by atoms with van der Waals surface area (Å²) in [5.74, 6) is 0.344. The zero-order valence-corrected chi connectivity index (χ0v) is 12.5. The largest absolute Gasteiger partial charge is 0.481 e. The van der Waals surface area contributed by atoms with E-state index >= 15 is 0 Å². The highest BCUT2D eigenvalue weighted by atomic mass is 16.4. The van der Waals surface area contributed by atoms with Crippen LogP contribution in [0.25, 0.3) is 0 Å². The van der Waals surface area contributed by atoms with Crippen molar-refractivity contribution in [2.45, 2.75) is 71.3 Å². The summed E-state index contributed by atoms with van der Waals surface area (Å²) >= 11 is 0. The van der Waals surface area contributed by atoms with Crippen molar-refractivity contribution in [3.8, 4) is 0 Å². The average Bonchev–Trinajstić information content (AvgIpc) is 2.86. The summed E-state index contributed by atoms with van der Waals surface area (Å²) < 4.78 is 0. The van der Waals surface area contributed by atoms with Crippen LogP contribution in [0, 0.1) is 11.3 Å². The molecule has 2 aliphatic rings. The molecular weight excluding hydrogens is 238 g/mol. The van der Waals surface area contributed by atoms with Gasteiger partial charge in [-0.05, 0) is 51.0 Å². The van der Waals surface area contributed by atoms with Gasteiger partial charge in [-0.15, -0.1) is 0 Å². The lowest BCUT2D eigenvalue weighted by Gasteiger charge is -2.35. The van der Waals surface area contributed by atoms with E-state index in [9.17, 15) is 9.90 Å². The fourth-order valence-electron chi connectivity index (χ4n) is 4.04. The number of hydrogen-bond donors (Lipinski definition) is 1. The van der Waals surface area contributed by atoms with Crippen LogP contribution in [-0.2, 0) is 4.79 Å². The van der Waals surface area contributed by atoms with Gasteiger partial charge in [0.25, 0.3) is 0 Å². The summed E-state index contributed by atoms with van der Waals surface area (Å²) in [7, 11) is 0. The molecule has 1 saturated carbocycles. The van der Waals surface area contributed by atoms with Crippen molar-refractivity contribution in [2.24, 2.45) is 11.3 Å². The lowest BCUT2D eigenvalue weighted by Crippen LogP contribution is -2.40. The Morgan fingerprint density at radius 2 is 1.95 bits per heavy atom. The van der Waals surface area contributed by atoms with Gasteiger partial charge in [0.05, 0.1) is 5.41 Å². The van der Waals surface area contributed by atoms with Gasteiger partial charge in [-0.25, -0.2) is 0 Å². The number of carboxylic acid groups (broad SMARTS) is 1. The SMILES string of the molecule is CCCC1CCC(N2CCC(CC)(C(=O)O)C2)CC1. The molecule has 1 unspecified atom stereocenters. The third-order valence-corrected chi connectivity index (χ3v) is 5.54. The molecule has 0 radical (unpaired) electrons. The Kier molecular flexibility index (Phi) is 4.88. The van der Waals surface area contributed by atoms with Crippen LogP contribution >= 0.6 is 0 Å². The summed E-state index contributed by atoms with van der Waals surface area (Å²) in [6.45, 7) is 6.07. The fourth-order valence-corrected chi connectivity index (χ4v) is 4.04. The van der Waals surface area contributed by atoms with Gasteiger partial charge >= 0.3 is 5.97 Å². The van der Waals surface area contributed by atoms with Crippen LogP contribution in [0.5, 0.6) is 0 Å². The second-order valence-corrected chi connectivity index (χ2v) is 6.62. The Bertz CT molecular complexity index is 310. The van der Waals surface area contributed by atoms with Gasteiger partial charge in [-0.1, -0.05) is 26.7 Å². The smallest absolute Gasteiger partial charge is 0.310 e. The number of carboxylic acids is 1. The monoisotopic (exact) mass is 267 g/mol. The topological polar surface area (TPSA) is 40.5 Å². The maximum Gasteiger partial charge on any atom is 0.310 e. The Hall–Kier alpha value is -0.570. The molecule has 110 valence electrons. The number of rotatable bonds is 5. The van der Waals surface area contributed by atoms with Gasteiger partial charge in [0.2, 0.25) is 0 Å². The highest BCUT2D eigenvalue weighted by molar-refractivity contribution is 5.75. The van der Waals surface area contributed by atoms with Crippen molar-refractivity contribution in [1.29, 1.82) is 0 Å². The van der Waals surface area contributed by atoms with Crippen molar-refractivity contribution in [2.75, 3.05) is 13.1 Å². The number of nitrogens with zero attached hydrogens (tertiary/aromatic N) is 1.